The minimum absolute atomic E-state index is 0.439. The maximum absolute atomic E-state index is 8.10. The van der Waals surface area contributed by atoms with Crippen molar-refractivity contribution in [2.24, 2.45) is 0 Å². The summed E-state index contributed by atoms with van der Waals surface area (Å²) < 4.78 is 35.7. The van der Waals surface area contributed by atoms with Gasteiger partial charge in [-0.2, -0.15) is 0 Å². The van der Waals surface area contributed by atoms with Gasteiger partial charge in [-0.3, -0.25) is 0 Å². The first-order chi connectivity index (χ1) is 55.8. The van der Waals surface area contributed by atoms with E-state index in [0.717, 1.165) is 148 Å². The van der Waals surface area contributed by atoms with Crippen molar-refractivity contribution < 1.29 is 17.7 Å². The van der Waals surface area contributed by atoms with Crippen LogP contribution in [0.4, 0.5) is 0 Å². The maximum atomic E-state index is 8.10. The zero-order valence-electron chi connectivity index (χ0n) is 63.6. The summed E-state index contributed by atoms with van der Waals surface area (Å²) in [5, 5.41) is 13.6. The zero-order chi connectivity index (χ0) is 78.2. The molecule has 0 atom stereocenters. The summed E-state index contributed by atoms with van der Waals surface area (Å²) in [4.78, 5) is 0. The van der Waals surface area contributed by atoms with Crippen LogP contribution < -0.4 is 79.9 Å². The third-order valence-corrected chi connectivity index (χ3v) is 40.1. The molecule has 16 aromatic rings. The summed E-state index contributed by atoms with van der Waals surface area (Å²) in [6, 6.07) is 149. The van der Waals surface area contributed by atoms with Gasteiger partial charge in [-0.05, 0) is 222 Å². The standard InChI is InChI=1S/C102H82Br4O4Si4/c1-73-65-77(69-93(103)99(73)107-111(81-41-17-5-18-42-81,82-43-19-6-20-44-82)83-45-21-7-22-46-83)97(78-66-74(2)100(94(104)70-78)108-112(84-47-23-8-24-48-84,85-49-25-9-26-50-85)86-51-27-10-28-52-86)98(79-67-75(3)101(95(105)71-79)109-113(87-53-29-11-30-54-87,88-55-31-12-32-56-88)89-57-33-13-34-58-89)80-68-76(4)102(96(106)72-80)110-114(90-59-35-14-36-60-90,91-61-37-15-38-62-91)92-63-39-16-40-64-92/h5-72,97-98H,1-4H3. The highest BCUT2D eigenvalue weighted by Gasteiger charge is 2.50. The molecule has 558 valence electrons. The predicted octanol–water partition coefficient (Wildman–Crippen LogP) is 19.1. The highest BCUT2D eigenvalue weighted by Crippen LogP contribution is 2.51. The fourth-order valence-corrected chi connectivity index (χ4v) is 35.7. The Hall–Kier alpha value is -10.5. The van der Waals surface area contributed by atoms with E-state index >= 15 is 0 Å². The highest BCUT2D eigenvalue weighted by molar-refractivity contribution is 9.11. The van der Waals surface area contributed by atoms with Crippen LogP contribution in [-0.2, 0) is 0 Å². The normalized spacial score (nSPS) is 11.8. The number of halogens is 4. The van der Waals surface area contributed by atoms with E-state index < -0.39 is 45.1 Å². The van der Waals surface area contributed by atoms with Crippen LogP contribution in [-0.4, -0.2) is 33.3 Å². The first-order valence-electron chi connectivity index (χ1n) is 38.4. The summed E-state index contributed by atoms with van der Waals surface area (Å²) in [7, 11) is -13.4. The Kier molecular flexibility index (Phi) is 23.3. The van der Waals surface area contributed by atoms with Gasteiger partial charge in [0, 0.05) is 11.8 Å². The topological polar surface area (TPSA) is 36.9 Å². The number of benzene rings is 16. The van der Waals surface area contributed by atoms with Crippen LogP contribution in [0.25, 0.3) is 0 Å². The van der Waals surface area contributed by atoms with Crippen molar-refractivity contribution in [3.8, 4) is 23.0 Å². The molecule has 0 radical (unpaired) electrons. The van der Waals surface area contributed by atoms with Crippen LogP contribution in [0, 0.1) is 27.7 Å². The Morgan fingerprint density at radius 2 is 0.289 bits per heavy atom. The maximum Gasteiger partial charge on any atom is 0.346 e. The van der Waals surface area contributed by atoms with Crippen molar-refractivity contribution in [1.82, 2.24) is 0 Å². The largest absolute Gasteiger partial charge is 0.529 e. The smallest absolute Gasteiger partial charge is 0.346 e. The Labute approximate surface area is 707 Å². The van der Waals surface area contributed by atoms with Gasteiger partial charge in [-0.1, -0.05) is 388 Å². The quantitative estimate of drug-likeness (QED) is 0.0422. The fourth-order valence-electron chi connectivity index (χ4n) is 16.8. The molecule has 12 heteroatoms. The molecule has 0 heterocycles. The number of rotatable bonds is 25. The van der Waals surface area contributed by atoms with Gasteiger partial charge in [0.2, 0.25) is 0 Å². The summed E-state index contributed by atoms with van der Waals surface area (Å²) in [6.07, 6.45) is 0. The first-order valence-corrected chi connectivity index (χ1v) is 49.2. The van der Waals surface area contributed by atoms with E-state index in [9.17, 15) is 0 Å². The number of hydrogen-bond acceptors (Lipinski definition) is 4. The van der Waals surface area contributed by atoms with Gasteiger partial charge in [0.25, 0.3) is 0 Å². The second-order valence-corrected chi connectivity index (χ2v) is 45.7. The Bertz CT molecular complexity index is 4740. The van der Waals surface area contributed by atoms with E-state index in [0.29, 0.717) is 0 Å². The third-order valence-electron chi connectivity index (χ3n) is 22.0. The van der Waals surface area contributed by atoms with Crippen LogP contribution in [0.5, 0.6) is 23.0 Å². The van der Waals surface area contributed by atoms with Gasteiger partial charge in [-0.15, -0.1) is 0 Å². The molecular formula is C102H82Br4O4Si4. The molecule has 0 aliphatic rings. The predicted molar refractivity (Wildman–Crippen MR) is 498 cm³/mol. The summed E-state index contributed by atoms with van der Waals surface area (Å²) in [6.45, 7) is 8.83. The zero-order valence-corrected chi connectivity index (χ0v) is 73.9. The van der Waals surface area contributed by atoms with E-state index in [1.54, 1.807) is 0 Å². The lowest BCUT2D eigenvalue weighted by atomic mass is 9.72. The van der Waals surface area contributed by atoms with Crippen molar-refractivity contribution >= 4 is 159 Å². The third kappa shape index (κ3) is 15.0. The Morgan fingerprint density at radius 3 is 0.395 bits per heavy atom. The lowest BCUT2D eigenvalue weighted by Crippen LogP contribution is -2.71. The van der Waals surface area contributed by atoms with Crippen LogP contribution in [0.15, 0.2) is 430 Å². The first kappa shape index (κ1) is 77.4. The van der Waals surface area contributed by atoms with Gasteiger partial charge in [0.05, 0.1) is 17.9 Å². The Morgan fingerprint density at radius 1 is 0.175 bits per heavy atom. The molecule has 0 aliphatic carbocycles. The lowest BCUT2D eigenvalue weighted by Gasteiger charge is -2.37. The Balaban J connectivity index is 0.954. The van der Waals surface area contributed by atoms with E-state index in [2.05, 4.69) is 504 Å². The molecule has 16 aromatic carbocycles. The van der Waals surface area contributed by atoms with Crippen LogP contribution in [0.2, 0.25) is 0 Å². The molecule has 114 heavy (non-hydrogen) atoms. The fraction of sp³-hybridized carbons (Fsp3) is 0.0588. The van der Waals surface area contributed by atoms with Gasteiger partial charge in [-0.25, -0.2) is 0 Å². The molecule has 4 nitrogen and oxygen atoms in total. The molecular weight excluding hydrogens is 1720 g/mol. The van der Waals surface area contributed by atoms with Crippen molar-refractivity contribution in [3.63, 3.8) is 0 Å². The minimum atomic E-state index is -3.35. The minimum Gasteiger partial charge on any atom is -0.529 e. The van der Waals surface area contributed by atoms with Crippen molar-refractivity contribution in [2.45, 2.75) is 39.5 Å². The molecule has 0 aliphatic heterocycles. The lowest BCUT2D eigenvalue weighted by molar-refractivity contribution is 0.562. The molecule has 0 spiro atoms. The van der Waals surface area contributed by atoms with E-state index in [-0.39, 0.29) is 0 Å². The van der Waals surface area contributed by atoms with Crippen molar-refractivity contribution in [1.29, 1.82) is 0 Å². The molecule has 16 rings (SSSR count). The highest BCUT2D eigenvalue weighted by atomic mass is 79.9. The molecule has 0 amide bonds. The SMILES string of the molecule is Cc1cc(C(c2cc(C)c(O[Si](c3ccccc3)(c3ccccc3)c3ccccc3)c(Br)c2)C(c2cc(C)c(O[Si](c3ccccc3)(c3ccccc3)c3ccccc3)c(Br)c2)c2cc(C)c(O[Si](c3ccccc3)(c3ccccc3)c3ccccc3)c(Br)c2)cc(Br)c1O[Si](c1ccccc1)(c1ccccc1)c1ccccc1. The average Bonchev–Trinajstić information content (AvgIpc) is 0.763. The molecule has 0 unspecified atom stereocenters. The van der Waals surface area contributed by atoms with Gasteiger partial charge < -0.3 is 17.7 Å². The molecule has 0 N–H and O–H groups in total. The molecule has 0 fully saturated rings. The molecule has 0 bridgehead atoms. The van der Waals surface area contributed by atoms with Crippen molar-refractivity contribution in [3.05, 3.63) is 475 Å². The molecule has 0 saturated heterocycles. The monoisotopic (exact) mass is 1800 g/mol. The van der Waals surface area contributed by atoms with Gasteiger partial charge in [0.15, 0.2) is 0 Å². The van der Waals surface area contributed by atoms with Crippen LogP contribution in [0.1, 0.15) is 56.3 Å². The number of aryl methyl sites for hydroxylation is 4. The van der Waals surface area contributed by atoms with Crippen LogP contribution >= 0.6 is 63.7 Å². The second kappa shape index (κ2) is 34.3. The van der Waals surface area contributed by atoms with E-state index in [1.807, 2.05) is 0 Å². The molecule has 0 aromatic heterocycles. The van der Waals surface area contributed by atoms with Crippen LogP contribution in [0.3, 0.4) is 0 Å². The summed E-state index contributed by atoms with van der Waals surface area (Å²) in [5.41, 5.74) is 8.11. The van der Waals surface area contributed by atoms with E-state index in [1.165, 1.54) is 0 Å². The van der Waals surface area contributed by atoms with Crippen molar-refractivity contribution in [2.75, 3.05) is 0 Å². The number of hydrogen-bond donors (Lipinski definition) is 0. The molecule has 0 saturated carbocycles. The van der Waals surface area contributed by atoms with Gasteiger partial charge >= 0.3 is 33.3 Å². The average molecular weight is 1800 g/mol. The second-order valence-electron chi connectivity index (χ2n) is 29.1. The summed E-state index contributed by atoms with van der Waals surface area (Å²) in [5.74, 6) is 2.21. The van der Waals surface area contributed by atoms with E-state index in [4.69, 9.17) is 17.7 Å². The van der Waals surface area contributed by atoms with Gasteiger partial charge in [0.1, 0.15) is 23.0 Å². The summed E-state index contributed by atoms with van der Waals surface area (Å²) >= 11 is 17.5.